The Balaban J connectivity index is 2.37. The van der Waals surface area contributed by atoms with Crippen LogP contribution < -0.4 is 4.74 Å². The van der Waals surface area contributed by atoms with Crippen molar-refractivity contribution >= 4 is 5.97 Å². The molecule has 0 bridgehead atoms. The molecule has 0 aliphatic carbocycles. The van der Waals surface area contributed by atoms with E-state index in [0.717, 1.165) is 0 Å². The lowest BCUT2D eigenvalue weighted by atomic mass is 10.2. The fourth-order valence-electron chi connectivity index (χ4n) is 1.39. The number of phenols is 1. The van der Waals surface area contributed by atoms with Crippen LogP contribution in [0.2, 0.25) is 0 Å². The lowest BCUT2D eigenvalue weighted by Gasteiger charge is -2.08. The van der Waals surface area contributed by atoms with Crippen molar-refractivity contribution in [2.75, 3.05) is 0 Å². The van der Waals surface area contributed by atoms with E-state index in [2.05, 4.69) is 0 Å². The number of hydrogen-bond donors (Lipinski definition) is 2. The number of carboxylic acid groups (broad SMARTS) is 1. The number of carbonyl (C=O) groups is 1. The summed E-state index contributed by atoms with van der Waals surface area (Å²) >= 11 is 0. The Morgan fingerprint density at radius 1 is 1.06 bits per heavy atom. The quantitative estimate of drug-likeness (QED) is 0.850. The average Bonchev–Trinajstić information content (AvgIpc) is 2.30. The van der Waals surface area contributed by atoms with Crippen LogP contribution >= 0.6 is 0 Å². The van der Waals surface area contributed by atoms with E-state index in [1.807, 2.05) is 6.07 Å². The van der Waals surface area contributed by atoms with Gasteiger partial charge >= 0.3 is 5.97 Å². The number of aromatic hydroxyl groups is 1. The summed E-state index contributed by atoms with van der Waals surface area (Å²) in [5, 5.41) is 18.3. The highest BCUT2D eigenvalue weighted by atomic mass is 16.5. The van der Waals surface area contributed by atoms with Gasteiger partial charge in [-0.1, -0.05) is 18.2 Å². The summed E-state index contributed by atoms with van der Waals surface area (Å²) in [5.41, 5.74) is 0.00616. The average molecular weight is 230 g/mol. The van der Waals surface area contributed by atoms with Crippen LogP contribution in [0.3, 0.4) is 0 Å². The molecule has 0 fully saturated rings. The number of benzene rings is 2. The minimum Gasteiger partial charge on any atom is -0.508 e. The first kappa shape index (κ1) is 11.0. The molecule has 4 heteroatoms. The summed E-state index contributed by atoms with van der Waals surface area (Å²) in [6, 6.07) is 12.7. The third-order valence-corrected chi connectivity index (χ3v) is 2.17. The third-order valence-electron chi connectivity index (χ3n) is 2.17. The Morgan fingerprint density at radius 2 is 1.76 bits per heavy atom. The topological polar surface area (TPSA) is 66.8 Å². The number of hydrogen-bond acceptors (Lipinski definition) is 3. The predicted octanol–water partition coefficient (Wildman–Crippen LogP) is 2.88. The molecule has 17 heavy (non-hydrogen) atoms. The van der Waals surface area contributed by atoms with Crippen molar-refractivity contribution in [3.8, 4) is 17.2 Å². The molecule has 2 rings (SSSR count). The van der Waals surface area contributed by atoms with Crippen molar-refractivity contribution in [3.05, 3.63) is 54.1 Å². The molecule has 86 valence electrons. The molecule has 4 nitrogen and oxygen atoms in total. The van der Waals surface area contributed by atoms with Gasteiger partial charge in [0.2, 0.25) is 0 Å². The molecule has 0 spiro atoms. The second kappa shape index (κ2) is 4.57. The Labute approximate surface area is 97.7 Å². The van der Waals surface area contributed by atoms with Gasteiger partial charge in [0.05, 0.1) is 0 Å². The van der Waals surface area contributed by atoms with Crippen LogP contribution in [0.1, 0.15) is 10.4 Å². The maximum Gasteiger partial charge on any atom is 0.339 e. The van der Waals surface area contributed by atoms with E-state index >= 15 is 0 Å². The Kier molecular flexibility index (Phi) is 2.96. The Bertz CT molecular complexity index is 534. The predicted molar refractivity (Wildman–Crippen MR) is 61.6 cm³/mol. The first-order valence-corrected chi connectivity index (χ1v) is 4.96. The molecule has 2 aromatic carbocycles. The number of aromatic carboxylic acids is 1. The first-order chi connectivity index (χ1) is 8.16. The van der Waals surface area contributed by atoms with Gasteiger partial charge in [0.15, 0.2) is 0 Å². The van der Waals surface area contributed by atoms with Crippen LogP contribution in [0.15, 0.2) is 48.5 Å². The van der Waals surface area contributed by atoms with Crippen LogP contribution in [-0.4, -0.2) is 16.2 Å². The molecule has 2 N–H and O–H groups in total. The summed E-state index contributed by atoms with van der Waals surface area (Å²) in [4.78, 5) is 11.0. The van der Waals surface area contributed by atoms with Crippen molar-refractivity contribution in [1.82, 2.24) is 0 Å². The molecule has 0 radical (unpaired) electrons. The SMILES string of the molecule is O=C(O)c1ccc(O)cc1Oc1ccccc1. The lowest BCUT2D eigenvalue weighted by Crippen LogP contribution is -1.99. The number of rotatable bonds is 3. The van der Waals surface area contributed by atoms with Crippen molar-refractivity contribution in [1.29, 1.82) is 0 Å². The molecular weight excluding hydrogens is 220 g/mol. The Hall–Kier alpha value is -2.49. The first-order valence-electron chi connectivity index (χ1n) is 4.96. The molecule has 0 saturated heterocycles. The summed E-state index contributed by atoms with van der Waals surface area (Å²) < 4.78 is 5.41. The smallest absolute Gasteiger partial charge is 0.339 e. The van der Waals surface area contributed by atoms with Crippen molar-refractivity contribution in [3.63, 3.8) is 0 Å². The van der Waals surface area contributed by atoms with E-state index in [1.54, 1.807) is 24.3 Å². The van der Waals surface area contributed by atoms with E-state index in [-0.39, 0.29) is 17.1 Å². The minimum absolute atomic E-state index is 0.00616. The van der Waals surface area contributed by atoms with Crippen molar-refractivity contribution < 1.29 is 19.7 Å². The second-order valence-electron chi connectivity index (χ2n) is 3.40. The highest BCUT2D eigenvalue weighted by Crippen LogP contribution is 2.28. The molecule has 0 unspecified atom stereocenters. The van der Waals surface area contributed by atoms with Gasteiger partial charge in [0.25, 0.3) is 0 Å². The molecule has 0 aliphatic heterocycles. The maximum absolute atomic E-state index is 11.0. The highest BCUT2D eigenvalue weighted by Gasteiger charge is 2.12. The van der Waals surface area contributed by atoms with Gasteiger partial charge in [-0.15, -0.1) is 0 Å². The highest BCUT2D eigenvalue weighted by molar-refractivity contribution is 5.91. The van der Waals surface area contributed by atoms with E-state index in [9.17, 15) is 9.90 Å². The number of phenolic OH excluding ortho intramolecular Hbond substituents is 1. The van der Waals surface area contributed by atoms with Gasteiger partial charge in [-0.3, -0.25) is 0 Å². The monoisotopic (exact) mass is 230 g/mol. The molecule has 0 atom stereocenters. The zero-order valence-corrected chi connectivity index (χ0v) is 8.83. The normalized spacial score (nSPS) is 9.88. The van der Waals surface area contributed by atoms with Gasteiger partial charge in [-0.2, -0.15) is 0 Å². The van der Waals surface area contributed by atoms with Crippen LogP contribution in [0.5, 0.6) is 17.2 Å². The molecule has 0 heterocycles. The van der Waals surface area contributed by atoms with Gasteiger partial charge < -0.3 is 14.9 Å². The summed E-state index contributed by atoms with van der Waals surface area (Å²) in [6.45, 7) is 0. The van der Waals surface area contributed by atoms with Gasteiger partial charge in [0.1, 0.15) is 22.8 Å². The molecule has 0 saturated carbocycles. The molecule has 2 aromatic rings. The minimum atomic E-state index is -1.10. The van der Waals surface area contributed by atoms with Crippen LogP contribution in [-0.2, 0) is 0 Å². The number of para-hydroxylation sites is 1. The molecule has 0 aromatic heterocycles. The molecule has 0 aliphatic rings. The van der Waals surface area contributed by atoms with Gasteiger partial charge in [0, 0.05) is 6.07 Å². The maximum atomic E-state index is 11.0. The lowest BCUT2D eigenvalue weighted by molar-refractivity contribution is 0.0694. The van der Waals surface area contributed by atoms with Crippen molar-refractivity contribution in [2.45, 2.75) is 0 Å². The van der Waals surface area contributed by atoms with Gasteiger partial charge in [-0.05, 0) is 24.3 Å². The largest absolute Gasteiger partial charge is 0.508 e. The third kappa shape index (κ3) is 2.55. The standard InChI is InChI=1S/C13H10O4/c14-9-6-7-11(13(15)16)12(8-9)17-10-4-2-1-3-5-10/h1-8,14H,(H,15,16). The van der Waals surface area contributed by atoms with Crippen LogP contribution in [0, 0.1) is 0 Å². The fourth-order valence-corrected chi connectivity index (χ4v) is 1.39. The number of ether oxygens (including phenoxy) is 1. The zero-order valence-electron chi connectivity index (χ0n) is 8.83. The number of carboxylic acids is 1. The molecule has 0 amide bonds. The summed E-state index contributed by atoms with van der Waals surface area (Å²) in [6.07, 6.45) is 0. The zero-order chi connectivity index (χ0) is 12.3. The molecular formula is C13H10O4. The Morgan fingerprint density at radius 3 is 2.41 bits per heavy atom. The summed E-state index contributed by atoms with van der Waals surface area (Å²) in [7, 11) is 0. The second-order valence-corrected chi connectivity index (χ2v) is 3.40. The van der Waals surface area contributed by atoms with E-state index in [4.69, 9.17) is 9.84 Å². The van der Waals surface area contributed by atoms with Crippen LogP contribution in [0.4, 0.5) is 0 Å². The van der Waals surface area contributed by atoms with Crippen molar-refractivity contribution in [2.24, 2.45) is 0 Å². The van der Waals surface area contributed by atoms with E-state index < -0.39 is 5.97 Å². The van der Waals surface area contributed by atoms with E-state index in [0.29, 0.717) is 5.75 Å². The fraction of sp³-hybridized carbons (Fsp3) is 0. The summed E-state index contributed by atoms with van der Waals surface area (Å²) in [5.74, 6) is -0.513. The van der Waals surface area contributed by atoms with E-state index in [1.165, 1.54) is 18.2 Å². The van der Waals surface area contributed by atoms with Crippen LogP contribution in [0.25, 0.3) is 0 Å². The van der Waals surface area contributed by atoms with Gasteiger partial charge in [-0.25, -0.2) is 4.79 Å².